The summed E-state index contributed by atoms with van der Waals surface area (Å²) in [5.41, 5.74) is 1.26. The third-order valence-corrected chi connectivity index (χ3v) is 7.41. The van der Waals surface area contributed by atoms with Crippen molar-refractivity contribution in [2.75, 3.05) is 13.1 Å². The second-order valence-corrected chi connectivity index (χ2v) is 10.3. The zero-order valence-electron chi connectivity index (χ0n) is 16.6. The Morgan fingerprint density at radius 3 is 2.30 bits per heavy atom. The molecule has 6 heteroatoms. The summed E-state index contributed by atoms with van der Waals surface area (Å²) in [5.74, 6) is 0.570. The van der Waals surface area contributed by atoms with E-state index in [0.29, 0.717) is 31.8 Å². The zero-order valence-corrected chi connectivity index (χ0v) is 17.4. The minimum atomic E-state index is -3.50. The molecule has 5 nitrogen and oxygen atoms in total. The van der Waals surface area contributed by atoms with E-state index in [1.54, 1.807) is 30.3 Å². The number of nitrogens with one attached hydrogen (secondary N) is 1. The highest BCUT2D eigenvalue weighted by atomic mass is 32.2. The van der Waals surface area contributed by atoms with Gasteiger partial charge in [-0.15, -0.1) is 0 Å². The summed E-state index contributed by atoms with van der Waals surface area (Å²) < 4.78 is 27.7. The van der Waals surface area contributed by atoms with E-state index < -0.39 is 10.0 Å². The molecule has 1 aliphatic carbocycles. The molecule has 2 atom stereocenters. The second-order valence-electron chi connectivity index (χ2n) is 8.60. The summed E-state index contributed by atoms with van der Waals surface area (Å²) in [5, 5.41) is 0. The lowest BCUT2D eigenvalue weighted by Crippen LogP contribution is -2.47. The number of rotatable bonds is 5. The maximum atomic E-state index is 12.9. The van der Waals surface area contributed by atoms with Crippen LogP contribution in [0, 0.1) is 17.3 Å². The van der Waals surface area contributed by atoms with Gasteiger partial charge in [-0.05, 0) is 50.2 Å². The van der Waals surface area contributed by atoms with Gasteiger partial charge in [0.25, 0.3) is 0 Å². The Balaban J connectivity index is 1.57. The summed E-state index contributed by atoms with van der Waals surface area (Å²) in [7, 11) is -3.50. The fourth-order valence-electron chi connectivity index (χ4n) is 4.12. The molecule has 2 aliphatic rings. The average Bonchev–Trinajstić information content (AvgIpc) is 3.14. The molecule has 1 heterocycles. The van der Waals surface area contributed by atoms with Gasteiger partial charge >= 0.3 is 0 Å². The summed E-state index contributed by atoms with van der Waals surface area (Å²) in [4.78, 5) is 15.1. The van der Waals surface area contributed by atoms with Crippen LogP contribution in [-0.2, 0) is 14.8 Å². The summed E-state index contributed by atoms with van der Waals surface area (Å²) >= 11 is 0. The molecule has 1 N–H and O–H groups in total. The van der Waals surface area contributed by atoms with Crippen LogP contribution in [0.2, 0.25) is 0 Å². The molecule has 1 saturated heterocycles. The molecular weight excluding hydrogens is 360 g/mol. The van der Waals surface area contributed by atoms with Crippen LogP contribution in [-0.4, -0.2) is 38.4 Å². The predicted molar refractivity (Wildman–Crippen MR) is 107 cm³/mol. The van der Waals surface area contributed by atoms with E-state index in [0.717, 1.165) is 0 Å². The number of sulfonamides is 1. The molecule has 0 spiro atoms. The van der Waals surface area contributed by atoms with Gasteiger partial charge in [-0.1, -0.05) is 43.7 Å². The minimum absolute atomic E-state index is 0.0140. The van der Waals surface area contributed by atoms with Crippen LogP contribution >= 0.6 is 0 Å². The Morgan fingerprint density at radius 1 is 1.15 bits per heavy atom. The lowest BCUT2D eigenvalue weighted by atomic mass is 10.0. The fraction of sp³-hybridized carbons (Fsp3) is 0.571. The van der Waals surface area contributed by atoms with Crippen molar-refractivity contribution < 1.29 is 13.2 Å². The van der Waals surface area contributed by atoms with Crippen molar-refractivity contribution in [1.29, 1.82) is 0 Å². The SMILES string of the molecule is CC(C)=C[C@@H]1[C@H](C(=O)N2CCC(NS(=O)(=O)c3ccccc3)CC2)C1(C)C. The Bertz CT molecular complexity index is 818. The van der Waals surface area contributed by atoms with Crippen LogP contribution in [0.4, 0.5) is 0 Å². The molecule has 0 aromatic heterocycles. The van der Waals surface area contributed by atoms with E-state index >= 15 is 0 Å². The molecule has 1 saturated carbocycles. The van der Waals surface area contributed by atoms with Gasteiger partial charge in [-0.2, -0.15) is 0 Å². The van der Waals surface area contributed by atoms with Gasteiger partial charge in [-0.3, -0.25) is 4.79 Å². The Kier molecular flexibility index (Phi) is 5.50. The first-order valence-electron chi connectivity index (χ1n) is 9.64. The van der Waals surface area contributed by atoms with E-state index in [9.17, 15) is 13.2 Å². The van der Waals surface area contributed by atoms with Gasteiger partial charge in [0.1, 0.15) is 0 Å². The number of benzene rings is 1. The van der Waals surface area contributed by atoms with Crippen LogP contribution < -0.4 is 4.72 Å². The van der Waals surface area contributed by atoms with Crippen LogP contribution in [0.25, 0.3) is 0 Å². The quantitative estimate of drug-likeness (QED) is 0.785. The van der Waals surface area contributed by atoms with Crippen molar-refractivity contribution in [1.82, 2.24) is 9.62 Å². The van der Waals surface area contributed by atoms with Gasteiger partial charge in [0, 0.05) is 19.1 Å². The minimum Gasteiger partial charge on any atom is -0.342 e. The second kappa shape index (κ2) is 7.40. The third-order valence-electron chi connectivity index (χ3n) is 5.87. The molecule has 1 amide bonds. The third kappa shape index (κ3) is 4.27. The van der Waals surface area contributed by atoms with E-state index in [-0.39, 0.29) is 28.2 Å². The topological polar surface area (TPSA) is 66.5 Å². The lowest BCUT2D eigenvalue weighted by molar-refractivity contribution is -0.134. The van der Waals surface area contributed by atoms with Crippen molar-refractivity contribution in [3.8, 4) is 0 Å². The van der Waals surface area contributed by atoms with Gasteiger partial charge in [-0.25, -0.2) is 13.1 Å². The van der Waals surface area contributed by atoms with E-state index in [1.807, 2.05) is 4.90 Å². The van der Waals surface area contributed by atoms with Crippen LogP contribution in [0.1, 0.15) is 40.5 Å². The van der Waals surface area contributed by atoms with Gasteiger partial charge in [0.05, 0.1) is 10.8 Å². The van der Waals surface area contributed by atoms with Crippen molar-refractivity contribution in [3.05, 3.63) is 42.0 Å². The number of allylic oxidation sites excluding steroid dienone is 2. The van der Waals surface area contributed by atoms with Crippen molar-refractivity contribution in [2.45, 2.75) is 51.5 Å². The first-order valence-corrected chi connectivity index (χ1v) is 11.1. The standard InChI is InChI=1S/C21H30N2O3S/c1-15(2)14-18-19(21(18,3)4)20(24)23-12-10-16(11-13-23)22-27(25,26)17-8-6-5-7-9-17/h5-9,14,16,18-19,22H,10-13H2,1-4H3/t18-,19-/m1/s1. The number of carbonyl (C=O) groups is 1. The zero-order chi connectivity index (χ0) is 19.8. The van der Waals surface area contributed by atoms with Crippen molar-refractivity contribution >= 4 is 15.9 Å². The molecule has 2 fully saturated rings. The van der Waals surface area contributed by atoms with Gasteiger partial charge < -0.3 is 4.90 Å². The molecule has 0 unspecified atom stereocenters. The number of carbonyl (C=O) groups excluding carboxylic acids is 1. The number of hydrogen-bond acceptors (Lipinski definition) is 3. The Labute approximate surface area is 162 Å². The highest BCUT2D eigenvalue weighted by Crippen LogP contribution is 2.60. The molecule has 1 aromatic carbocycles. The number of likely N-dealkylation sites (tertiary alicyclic amines) is 1. The first kappa shape index (κ1) is 20.1. The highest BCUT2D eigenvalue weighted by Gasteiger charge is 2.61. The molecule has 0 bridgehead atoms. The van der Waals surface area contributed by atoms with Crippen LogP contribution in [0.3, 0.4) is 0 Å². The maximum Gasteiger partial charge on any atom is 0.240 e. The smallest absolute Gasteiger partial charge is 0.240 e. The van der Waals surface area contributed by atoms with Crippen LogP contribution in [0.5, 0.6) is 0 Å². The number of piperidine rings is 1. The maximum absolute atomic E-state index is 12.9. The summed E-state index contributed by atoms with van der Waals surface area (Å²) in [6, 6.07) is 8.30. The summed E-state index contributed by atoms with van der Waals surface area (Å²) in [6.45, 7) is 9.66. The number of amides is 1. The first-order chi connectivity index (χ1) is 12.6. The molecular formula is C21H30N2O3S. The lowest BCUT2D eigenvalue weighted by Gasteiger charge is -2.32. The fourth-order valence-corrected chi connectivity index (χ4v) is 5.45. The van der Waals surface area contributed by atoms with E-state index in [2.05, 4.69) is 38.5 Å². The van der Waals surface area contributed by atoms with E-state index in [4.69, 9.17) is 0 Å². The average molecular weight is 391 g/mol. The molecule has 1 aromatic rings. The molecule has 0 radical (unpaired) electrons. The van der Waals surface area contributed by atoms with E-state index in [1.165, 1.54) is 5.57 Å². The predicted octanol–water partition coefficient (Wildman–Crippen LogP) is 3.19. The van der Waals surface area contributed by atoms with Crippen molar-refractivity contribution in [2.24, 2.45) is 17.3 Å². The van der Waals surface area contributed by atoms with Gasteiger partial charge in [0.2, 0.25) is 15.9 Å². The van der Waals surface area contributed by atoms with Crippen molar-refractivity contribution in [3.63, 3.8) is 0 Å². The number of hydrogen-bond donors (Lipinski definition) is 1. The molecule has 148 valence electrons. The van der Waals surface area contributed by atoms with Gasteiger partial charge in [0.15, 0.2) is 0 Å². The highest BCUT2D eigenvalue weighted by molar-refractivity contribution is 7.89. The molecule has 27 heavy (non-hydrogen) atoms. The normalized spacial score (nSPS) is 25.1. The molecule has 1 aliphatic heterocycles. The largest absolute Gasteiger partial charge is 0.342 e. The summed E-state index contributed by atoms with van der Waals surface area (Å²) in [6.07, 6.45) is 3.51. The Hall–Kier alpha value is -1.66. The molecule has 3 rings (SSSR count). The monoisotopic (exact) mass is 390 g/mol. The Morgan fingerprint density at radius 2 is 1.74 bits per heavy atom. The van der Waals surface area contributed by atoms with Crippen LogP contribution in [0.15, 0.2) is 46.9 Å². The number of nitrogens with zero attached hydrogens (tertiary/aromatic N) is 1.